The number of likely N-dealkylation sites (tertiary alicyclic amines) is 1. The van der Waals surface area contributed by atoms with E-state index in [1.165, 1.54) is 14.2 Å². The number of esters is 2. The lowest BCUT2D eigenvalue weighted by Gasteiger charge is -2.47. The summed E-state index contributed by atoms with van der Waals surface area (Å²) in [5.74, 6) is -0.586. The van der Waals surface area contributed by atoms with Crippen LogP contribution in [0.3, 0.4) is 0 Å². The minimum atomic E-state index is -0.900. The standard InChI is InChI=1S/C33H34N6O5/c1-43-30(41)21-9-7-20(8-10-21)26-17-39(37-36-26)14-13-24-23-5-3-4-6-25(23)35-29(24)27-15-32-18-33(32,31(42)44-2)28(40)12-11-22(32)16-38(27)19-34/h3-10,17,22,27-28,35,40H,11-16,18H2,1-2H3/t22-,27-,28-,32+,33-/m0/s1. The van der Waals surface area contributed by atoms with E-state index in [0.29, 0.717) is 50.0 Å². The lowest BCUT2D eigenvalue weighted by molar-refractivity contribution is -0.160. The number of carbonyl (C=O) groups excluding carboxylic acids is 2. The third kappa shape index (κ3) is 4.12. The predicted molar refractivity (Wildman–Crippen MR) is 159 cm³/mol. The van der Waals surface area contributed by atoms with E-state index in [-0.39, 0.29) is 17.9 Å². The van der Waals surface area contributed by atoms with Gasteiger partial charge in [0.15, 0.2) is 6.19 Å². The number of aromatic amines is 1. The molecule has 3 heterocycles. The highest BCUT2D eigenvalue weighted by Gasteiger charge is 2.80. The number of nitriles is 1. The van der Waals surface area contributed by atoms with Gasteiger partial charge in [-0.05, 0) is 67.2 Å². The van der Waals surface area contributed by atoms with Crippen molar-refractivity contribution in [3.63, 3.8) is 0 Å². The fourth-order valence-electron chi connectivity index (χ4n) is 8.20. The number of rotatable bonds is 7. The summed E-state index contributed by atoms with van der Waals surface area (Å²) in [6.45, 7) is 1.10. The van der Waals surface area contributed by atoms with Gasteiger partial charge in [0.25, 0.3) is 0 Å². The van der Waals surface area contributed by atoms with Crippen LogP contribution in [-0.2, 0) is 27.2 Å². The molecule has 1 saturated heterocycles. The summed E-state index contributed by atoms with van der Waals surface area (Å²) in [7, 11) is 2.75. The van der Waals surface area contributed by atoms with Gasteiger partial charge in [0.2, 0.25) is 0 Å². The molecule has 1 spiro atoms. The van der Waals surface area contributed by atoms with Crippen LogP contribution in [0.15, 0.2) is 54.7 Å². The number of nitrogens with one attached hydrogen (secondary N) is 1. The second-order valence-electron chi connectivity index (χ2n) is 12.3. The molecule has 0 amide bonds. The van der Waals surface area contributed by atoms with Crippen LogP contribution in [0.4, 0.5) is 0 Å². The smallest absolute Gasteiger partial charge is 0.337 e. The van der Waals surface area contributed by atoms with Crippen molar-refractivity contribution in [2.24, 2.45) is 16.7 Å². The van der Waals surface area contributed by atoms with Crippen molar-refractivity contribution in [3.05, 3.63) is 71.5 Å². The van der Waals surface area contributed by atoms with Crippen molar-refractivity contribution in [2.75, 3.05) is 20.8 Å². The lowest BCUT2D eigenvalue weighted by atomic mass is 9.65. The molecule has 226 valence electrons. The first-order chi connectivity index (χ1) is 21.3. The summed E-state index contributed by atoms with van der Waals surface area (Å²) in [6, 6.07) is 14.9. The van der Waals surface area contributed by atoms with Crippen LogP contribution in [0.5, 0.6) is 0 Å². The van der Waals surface area contributed by atoms with Crippen LogP contribution >= 0.6 is 0 Å². The minimum Gasteiger partial charge on any atom is -0.468 e. The van der Waals surface area contributed by atoms with Gasteiger partial charge in [0.05, 0.1) is 38.1 Å². The molecule has 44 heavy (non-hydrogen) atoms. The van der Waals surface area contributed by atoms with E-state index in [9.17, 15) is 20.0 Å². The van der Waals surface area contributed by atoms with Gasteiger partial charge in [-0.2, -0.15) is 5.26 Å². The molecular formula is C33H34N6O5. The molecule has 0 radical (unpaired) electrons. The number of ether oxygens (including phenoxy) is 2. The van der Waals surface area contributed by atoms with Crippen molar-refractivity contribution in [1.82, 2.24) is 24.9 Å². The fraction of sp³-hybridized carbons (Fsp3) is 0.424. The Morgan fingerprint density at radius 2 is 1.93 bits per heavy atom. The van der Waals surface area contributed by atoms with E-state index >= 15 is 0 Å². The lowest BCUT2D eigenvalue weighted by Crippen LogP contribution is -2.51. The molecule has 3 aliphatic rings. The molecule has 2 N–H and O–H groups in total. The van der Waals surface area contributed by atoms with Crippen molar-refractivity contribution in [2.45, 2.75) is 50.8 Å². The van der Waals surface area contributed by atoms with E-state index in [1.807, 2.05) is 41.4 Å². The number of aliphatic hydroxyl groups excluding tert-OH is 1. The van der Waals surface area contributed by atoms with Crippen molar-refractivity contribution in [1.29, 1.82) is 5.26 Å². The summed E-state index contributed by atoms with van der Waals surface area (Å²) in [5.41, 5.74) is 3.75. The zero-order valence-corrected chi connectivity index (χ0v) is 24.7. The van der Waals surface area contributed by atoms with Gasteiger partial charge in [0, 0.05) is 35.2 Å². The van der Waals surface area contributed by atoms with Crippen LogP contribution in [0.2, 0.25) is 0 Å². The van der Waals surface area contributed by atoms with Crippen molar-refractivity contribution in [3.8, 4) is 17.5 Å². The Labute approximate surface area is 254 Å². The number of benzene rings is 2. The van der Waals surface area contributed by atoms with E-state index < -0.39 is 22.9 Å². The highest BCUT2D eigenvalue weighted by Crippen LogP contribution is 2.78. The predicted octanol–water partition coefficient (Wildman–Crippen LogP) is 4.00. The maximum absolute atomic E-state index is 13.1. The molecule has 5 atom stereocenters. The zero-order chi connectivity index (χ0) is 30.6. The molecule has 7 rings (SSSR count). The molecule has 11 nitrogen and oxygen atoms in total. The first kappa shape index (κ1) is 28.1. The van der Waals surface area contributed by atoms with Gasteiger partial charge in [-0.25, -0.2) is 4.79 Å². The van der Waals surface area contributed by atoms with Gasteiger partial charge < -0.3 is 24.5 Å². The number of aromatic nitrogens is 4. The van der Waals surface area contributed by atoms with Gasteiger partial charge in [-0.3, -0.25) is 9.48 Å². The van der Waals surface area contributed by atoms with E-state index in [0.717, 1.165) is 34.1 Å². The van der Waals surface area contributed by atoms with Crippen LogP contribution in [-0.4, -0.2) is 68.8 Å². The number of hydrogen-bond donors (Lipinski definition) is 2. The van der Waals surface area contributed by atoms with Gasteiger partial charge in [0.1, 0.15) is 11.1 Å². The number of para-hydroxylation sites is 1. The zero-order valence-electron chi connectivity index (χ0n) is 24.7. The first-order valence-corrected chi connectivity index (χ1v) is 15.0. The summed E-state index contributed by atoms with van der Waals surface area (Å²) in [6.07, 6.45) is 6.73. The quantitative estimate of drug-likeness (QED) is 0.239. The maximum atomic E-state index is 13.1. The molecule has 2 aromatic heterocycles. The monoisotopic (exact) mass is 594 g/mol. The maximum Gasteiger partial charge on any atom is 0.337 e. The molecule has 3 fully saturated rings. The Morgan fingerprint density at radius 1 is 1.14 bits per heavy atom. The normalized spacial score (nSPS) is 27.2. The average molecular weight is 595 g/mol. The van der Waals surface area contributed by atoms with Crippen LogP contribution in [0.1, 0.15) is 53.3 Å². The van der Waals surface area contributed by atoms with Gasteiger partial charge in [-0.1, -0.05) is 35.5 Å². The number of H-pyrrole nitrogens is 1. The van der Waals surface area contributed by atoms with Crippen LogP contribution < -0.4 is 0 Å². The molecule has 2 aromatic carbocycles. The number of nitrogens with zero attached hydrogens (tertiary/aromatic N) is 5. The summed E-state index contributed by atoms with van der Waals surface area (Å²) < 4.78 is 11.8. The summed E-state index contributed by atoms with van der Waals surface area (Å²) >= 11 is 0. The van der Waals surface area contributed by atoms with Crippen molar-refractivity contribution < 1.29 is 24.2 Å². The molecule has 1 aliphatic heterocycles. The van der Waals surface area contributed by atoms with E-state index in [2.05, 4.69) is 27.6 Å². The topological polar surface area (TPSA) is 146 Å². The SMILES string of the molecule is COC(=O)c1ccc(-c2cn(CCc3c([C@@H]4C[C@]56C[C@@]5(C(=O)OC)[C@@H](O)CC[C@H]6CN4C#N)[nH]c4ccccc34)nn2)cc1. The second kappa shape index (κ2) is 10.5. The molecule has 2 saturated carbocycles. The highest BCUT2D eigenvalue weighted by atomic mass is 16.5. The highest BCUT2D eigenvalue weighted by molar-refractivity contribution is 5.90. The third-order valence-electron chi connectivity index (χ3n) is 10.4. The minimum absolute atomic E-state index is 0.143. The Balaban J connectivity index is 1.18. The number of piperidine rings is 1. The number of carbonyl (C=O) groups is 2. The van der Waals surface area contributed by atoms with E-state index in [4.69, 9.17) is 9.47 Å². The molecule has 0 unspecified atom stereocenters. The molecule has 4 aromatic rings. The van der Waals surface area contributed by atoms with Crippen molar-refractivity contribution >= 4 is 22.8 Å². The number of aryl methyl sites for hydroxylation is 2. The Hall–Kier alpha value is -4.69. The van der Waals surface area contributed by atoms with Crippen LogP contribution in [0.25, 0.3) is 22.2 Å². The van der Waals surface area contributed by atoms with E-state index in [1.54, 1.807) is 16.8 Å². The summed E-state index contributed by atoms with van der Waals surface area (Å²) in [4.78, 5) is 30.4. The first-order valence-electron chi connectivity index (χ1n) is 15.0. The van der Waals surface area contributed by atoms with Gasteiger partial charge in [-0.15, -0.1) is 5.10 Å². The molecule has 0 bridgehead atoms. The van der Waals surface area contributed by atoms with Crippen LogP contribution in [0, 0.1) is 28.2 Å². The number of hydrogen-bond acceptors (Lipinski definition) is 9. The average Bonchev–Trinajstić information content (AvgIpc) is 3.33. The summed E-state index contributed by atoms with van der Waals surface area (Å²) in [5, 5.41) is 31.2. The second-order valence-corrected chi connectivity index (χ2v) is 12.3. The Morgan fingerprint density at radius 3 is 2.68 bits per heavy atom. The number of fused-ring (bicyclic) bond motifs is 1. The molecule has 2 aliphatic carbocycles. The number of aliphatic hydroxyl groups is 1. The number of methoxy groups -OCH3 is 2. The third-order valence-corrected chi connectivity index (χ3v) is 10.4. The molecule has 11 heteroatoms. The van der Waals surface area contributed by atoms with Gasteiger partial charge >= 0.3 is 11.9 Å². The Bertz CT molecular complexity index is 1790. The largest absolute Gasteiger partial charge is 0.468 e. The Kier molecular flexibility index (Phi) is 6.70. The molecular weight excluding hydrogens is 560 g/mol. The fourth-order valence-corrected chi connectivity index (χ4v) is 8.20.